The summed E-state index contributed by atoms with van der Waals surface area (Å²) >= 11 is 0. The van der Waals surface area contributed by atoms with Gasteiger partial charge in [-0.25, -0.2) is 4.79 Å². The van der Waals surface area contributed by atoms with Crippen molar-refractivity contribution in [3.63, 3.8) is 0 Å². The summed E-state index contributed by atoms with van der Waals surface area (Å²) in [6.07, 6.45) is 7.66. The first-order valence-corrected chi connectivity index (χ1v) is 9.95. The molecule has 0 atom stereocenters. The number of benzene rings is 1. The van der Waals surface area contributed by atoms with Gasteiger partial charge in [0, 0.05) is 38.8 Å². The number of halogens is 2. The number of hydrogen-bond acceptors (Lipinski definition) is 3. The van der Waals surface area contributed by atoms with Crippen molar-refractivity contribution >= 4 is 30.8 Å². The van der Waals surface area contributed by atoms with Crippen LogP contribution in [-0.2, 0) is 4.79 Å². The van der Waals surface area contributed by atoms with Gasteiger partial charge in [-0.1, -0.05) is 12.1 Å². The predicted octanol–water partition coefficient (Wildman–Crippen LogP) is 3.85. The van der Waals surface area contributed by atoms with E-state index in [1.165, 1.54) is 48.6 Å². The summed E-state index contributed by atoms with van der Waals surface area (Å²) < 4.78 is 6.41. The molecule has 0 amide bonds. The van der Waals surface area contributed by atoms with Gasteiger partial charge in [-0.05, 0) is 36.5 Å². The molecule has 2 aliphatic rings. The minimum atomic E-state index is -0.943. The lowest BCUT2D eigenvalue weighted by Crippen LogP contribution is -2.59. The van der Waals surface area contributed by atoms with Gasteiger partial charge in [-0.2, -0.15) is 0 Å². The molecule has 1 aromatic rings. The minimum absolute atomic E-state index is 0. The average molecular weight is 434 g/mol. The minimum Gasteiger partial charge on any atom is -0.482 e. The highest BCUT2D eigenvalue weighted by Crippen LogP contribution is 2.38. The van der Waals surface area contributed by atoms with Crippen LogP contribution >= 0.6 is 24.8 Å². The second kappa shape index (κ2) is 11.2. The highest BCUT2D eigenvalue weighted by atomic mass is 35.5. The molecule has 2 N–H and O–H groups in total. The second-order valence-corrected chi connectivity index (χ2v) is 8.37. The third kappa shape index (κ3) is 6.24. The highest BCUT2D eigenvalue weighted by molar-refractivity contribution is 5.85. The Morgan fingerprint density at radius 1 is 1.00 bits per heavy atom. The van der Waals surface area contributed by atoms with Crippen LogP contribution in [0.2, 0.25) is 0 Å². The Morgan fingerprint density at radius 2 is 1.54 bits per heavy atom. The van der Waals surface area contributed by atoms with Gasteiger partial charge >= 0.3 is 5.97 Å². The van der Waals surface area contributed by atoms with E-state index in [0.29, 0.717) is 11.7 Å². The first-order chi connectivity index (χ1) is 12.5. The topological polar surface area (TPSA) is 58.6 Å². The zero-order valence-corrected chi connectivity index (χ0v) is 18.6. The van der Waals surface area contributed by atoms with E-state index in [0.717, 1.165) is 25.2 Å². The third-order valence-corrected chi connectivity index (χ3v) is 6.60. The van der Waals surface area contributed by atoms with Crippen LogP contribution in [-0.4, -0.2) is 61.4 Å². The number of quaternary nitrogens is 1. The molecule has 2 fully saturated rings. The average Bonchev–Trinajstić information content (AvgIpc) is 2.67. The molecule has 1 saturated heterocycles. The molecule has 7 heteroatoms. The molecule has 1 aromatic carbocycles. The zero-order chi connectivity index (χ0) is 18.6. The van der Waals surface area contributed by atoms with Crippen LogP contribution in [0.1, 0.15) is 50.0 Å². The maximum atomic E-state index is 10.6. The summed E-state index contributed by atoms with van der Waals surface area (Å²) in [6.45, 7) is 2.05. The van der Waals surface area contributed by atoms with E-state index in [4.69, 9.17) is 9.84 Å². The molecular weight excluding hydrogens is 399 g/mol. The van der Waals surface area contributed by atoms with Crippen LogP contribution in [0, 0.1) is 0 Å². The lowest BCUT2D eigenvalue weighted by molar-refractivity contribution is -0.940. The van der Waals surface area contributed by atoms with Crippen molar-refractivity contribution in [3.8, 4) is 5.75 Å². The van der Waals surface area contributed by atoms with Gasteiger partial charge in [-0.3, -0.25) is 0 Å². The van der Waals surface area contributed by atoms with E-state index in [1.54, 1.807) is 0 Å². The fourth-order valence-corrected chi connectivity index (χ4v) is 4.83. The zero-order valence-electron chi connectivity index (χ0n) is 16.9. The first-order valence-electron chi connectivity index (χ1n) is 9.95. The molecule has 0 unspecified atom stereocenters. The summed E-state index contributed by atoms with van der Waals surface area (Å²) in [5.41, 5.74) is 1.36. The predicted molar refractivity (Wildman–Crippen MR) is 117 cm³/mol. The Morgan fingerprint density at radius 3 is 2.07 bits per heavy atom. The number of carbonyl (C=O) groups is 1. The van der Waals surface area contributed by atoms with E-state index in [9.17, 15) is 4.79 Å². The molecule has 5 nitrogen and oxygen atoms in total. The number of nitrogens with one attached hydrogen (secondary N) is 1. The van der Waals surface area contributed by atoms with Crippen molar-refractivity contribution in [2.75, 3.05) is 33.8 Å². The number of carboxylic acids is 1. The van der Waals surface area contributed by atoms with Crippen LogP contribution in [0.25, 0.3) is 0 Å². The van der Waals surface area contributed by atoms with Gasteiger partial charge in [0.15, 0.2) is 6.61 Å². The molecule has 160 valence electrons. The monoisotopic (exact) mass is 433 g/mol. The molecule has 0 bridgehead atoms. The Bertz CT molecular complexity index is 596. The largest absolute Gasteiger partial charge is 0.482 e. The molecule has 1 saturated carbocycles. The van der Waals surface area contributed by atoms with Crippen LogP contribution in [0.4, 0.5) is 0 Å². The molecule has 1 aliphatic carbocycles. The van der Waals surface area contributed by atoms with Crippen LogP contribution < -0.4 is 10.1 Å². The molecule has 0 radical (unpaired) electrons. The summed E-state index contributed by atoms with van der Waals surface area (Å²) in [5, 5.41) is 12.2. The van der Waals surface area contributed by atoms with E-state index in [1.807, 2.05) is 12.1 Å². The summed E-state index contributed by atoms with van der Waals surface area (Å²) in [6, 6.07) is 9.58. The van der Waals surface area contributed by atoms with Crippen molar-refractivity contribution in [3.05, 3.63) is 29.8 Å². The molecule has 28 heavy (non-hydrogen) atoms. The summed E-state index contributed by atoms with van der Waals surface area (Å²) in [7, 11) is 4.88. The maximum absolute atomic E-state index is 10.6. The smallest absolute Gasteiger partial charge is 0.341 e. The van der Waals surface area contributed by atoms with Crippen molar-refractivity contribution in [2.45, 2.75) is 56.5 Å². The van der Waals surface area contributed by atoms with Gasteiger partial charge in [0.25, 0.3) is 0 Å². The van der Waals surface area contributed by atoms with Gasteiger partial charge in [0.2, 0.25) is 0 Å². The SMILES string of the molecule is C[N+](C)(C1CCNCC1)[C@H]1CC[C@H](c2ccc(OCC(=O)O)cc2)CC1.Cl.Cl. The van der Waals surface area contributed by atoms with Crippen molar-refractivity contribution in [1.29, 1.82) is 0 Å². The normalized spacial score (nSPS) is 23.2. The Balaban J connectivity index is 0.00000196. The molecule has 0 aromatic heterocycles. The Kier molecular flexibility index (Phi) is 10.1. The fraction of sp³-hybridized carbons (Fsp3) is 0.667. The van der Waals surface area contributed by atoms with Crippen LogP contribution in [0.15, 0.2) is 24.3 Å². The van der Waals surface area contributed by atoms with E-state index < -0.39 is 5.97 Å². The maximum Gasteiger partial charge on any atom is 0.341 e. The number of ether oxygens (including phenoxy) is 1. The molecule has 1 aliphatic heterocycles. The van der Waals surface area contributed by atoms with Crippen LogP contribution in [0.3, 0.4) is 0 Å². The van der Waals surface area contributed by atoms with Gasteiger partial charge < -0.3 is 19.6 Å². The number of piperidine rings is 1. The number of carboxylic acid groups (broad SMARTS) is 1. The summed E-state index contributed by atoms with van der Waals surface area (Å²) in [5.74, 6) is 0.309. The standard InChI is InChI=1S/C21H32N2O3.2ClH/c1-23(2,19-11-13-22-14-12-19)18-7-3-16(4-8-18)17-5-9-20(10-6-17)26-15-21(24)25;;/h5-6,9-10,16,18-19,22H,3-4,7-8,11-15H2,1-2H3;2*1H/p+1/t16-,18-;;. The Labute approximate surface area is 181 Å². The van der Waals surface area contributed by atoms with E-state index >= 15 is 0 Å². The van der Waals surface area contributed by atoms with Crippen molar-refractivity contribution in [2.24, 2.45) is 0 Å². The van der Waals surface area contributed by atoms with E-state index in [-0.39, 0.29) is 31.4 Å². The number of nitrogens with zero attached hydrogens (tertiary/aromatic N) is 1. The van der Waals surface area contributed by atoms with Gasteiger partial charge in [-0.15, -0.1) is 24.8 Å². The Hall–Kier alpha value is -1.01. The van der Waals surface area contributed by atoms with E-state index in [2.05, 4.69) is 31.5 Å². The van der Waals surface area contributed by atoms with Gasteiger partial charge in [0.05, 0.1) is 26.2 Å². The number of rotatable bonds is 6. The second-order valence-electron chi connectivity index (χ2n) is 8.37. The van der Waals surface area contributed by atoms with Gasteiger partial charge in [0.1, 0.15) is 5.75 Å². The summed E-state index contributed by atoms with van der Waals surface area (Å²) in [4.78, 5) is 10.6. The third-order valence-electron chi connectivity index (χ3n) is 6.60. The fourth-order valence-electron chi connectivity index (χ4n) is 4.83. The first kappa shape index (κ1) is 25.0. The van der Waals surface area contributed by atoms with Crippen LogP contribution in [0.5, 0.6) is 5.75 Å². The lowest BCUT2D eigenvalue weighted by atomic mass is 9.80. The van der Waals surface area contributed by atoms with Crippen molar-refractivity contribution < 1.29 is 19.1 Å². The quantitative estimate of drug-likeness (QED) is 0.668. The highest BCUT2D eigenvalue weighted by Gasteiger charge is 2.39. The van der Waals surface area contributed by atoms with Crippen molar-refractivity contribution in [1.82, 2.24) is 5.32 Å². The molecule has 3 rings (SSSR count). The molecule has 1 heterocycles. The lowest BCUT2D eigenvalue weighted by Gasteiger charge is -2.48. The number of hydrogen-bond donors (Lipinski definition) is 2. The molecule has 0 spiro atoms. The number of aliphatic carboxylic acids is 1. The molecular formula is C21H35Cl2N2O3+.